The lowest BCUT2D eigenvalue weighted by atomic mass is 10.2. The molecule has 0 saturated heterocycles. The number of anilines is 1. The summed E-state index contributed by atoms with van der Waals surface area (Å²) in [4.78, 5) is 5.00. The van der Waals surface area contributed by atoms with Crippen LogP contribution in [0.2, 0.25) is 0 Å². The van der Waals surface area contributed by atoms with E-state index in [4.69, 9.17) is 0 Å². The molecule has 0 aliphatic heterocycles. The first-order valence-corrected chi connectivity index (χ1v) is 7.68. The van der Waals surface area contributed by atoms with Crippen molar-refractivity contribution in [1.29, 1.82) is 0 Å². The molecule has 112 valence electrons. The van der Waals surface area contributed by atoms with Crippen molar-refractivity contribution < 1.29 is 8.78 Å². The molecule has 0 spiro atoms. The second-order valence-electron chi connectivity index (χ2n) is 4.90. The zero-order valence-corrected chi connectivity index (χ0v) is 13.2. The molecule has 0 fully saturated rings. The van der Waals surface area contributed by atoms with Gasteiger partial charge < -0.3 is 5.32 Å². The van der Waals surface area contributed by atoms with Gasteiger partial charge in [0.1, 0.15) is 5.03 Å². The molecule has 1 aromatic carbocycles. The molecule has 0 unspecified atom stereocenters. The molecule has 5 heteroatoms. The van der Waals surface area contributed by atoms with Gasteiger partial charge in [-0.3, -0.25) is 0 Å². The van der Waals surface area contributed by atoms with E-state index in [9.17, 15) is 8.78 Å². The normalized spacial score (nSPS) is 10.7. The highest BCUT2D eigenvalue weighted by Gasteiger charge is 2.14. The maximum absolute atomic E-state index is 13.9. The third kappa shape index (κ3) is 3.94. The van der Waals surface area contributed by atoms with Crippen LogP contribution in [0, 0.1) is 25.5 Å². The minimum atomic E-state index is -0.661. The largest absolute Gasteiger partial charge is 0.368 e. The monoisotopic (exact) mass is 308 g/mol. The van der Waals surface area contributed by atoms with Crippen molar-refractivity contribution in [2.45, 2.75) is 37.1 Å². The zero-order chi connectivity index (χ0) is 15.4. The quantitative estimate of drug-likeness (QED) is 0.846. The summed E-state index contributed by atoms with van der Waals surface area (Å²) in [5.41, 5.74) is 2.13. The van der Waals surface area contributed by atoms with E-state index in [2.05, 4.69) is 10.3 Å². The van der Waals surface area contributed by atoms with Crippen molar-refractivity contribution in [3.63, 3.8) is 0 Å². The Hall–Kier alpha value is -1.62. The molecule has 0 bridgehead atoms. The smallest absolute Gasteiger partial charge is 0.168 e. The third-order valence-electron chi connectivity index (χ3n) is 2.99. The average Bonchev–Trinajstić information content (AvgIpc) is 2.44. The minimum absolute atomic E-state index is 0.103. The highest BCUT2D eigenvalue weighted by Crippen LogP contribution is 2.32. The summed E-state index contributed by atoms with van der Waals surface area (Å²) in [5, 5.41) is 3.06. The Morgan fingerprint density at radius 2 is 1.90 bits per heavy atom. The Morgan fingerprint density at radius 1 is 1.14 bits per heavy atom. The first kappa shape index (κ1) is 15.8. The van der Waals surface area contributed by atoms with Crippen molar-refractivity contribution in [3.8, 4) is 0 Å². The van der Waals surface area contributed by atoms with Crippen LogP contribution in [0.15, 0.2) is 34.2 Å². The van der Waals surface area contributed by atoms with Gasteiger partial charge in [0.05, 0.1) is 0 Å². The van der Waals surface area contributed by atoms with Gasteiger partial charge in [-0.05, 0) is 37.5 Å². The molecule has 2 nitrogen and oxygen atoms in total. The number of aryl methyl sites for hydroxylation is 2. The summed E-state index contributed by atoms with van der Waals surface area (Å²) in [7, 11) is 0. The Kier molecular flexibility index (Phi) is 5.17. The Morgan fingerprint density at radius 3 is 2.62 bits per heavy atom. The van der Waals surface area contributed by atoms with E-state index >= 15 is 0 Å². The van der Waals surface area contributed by atoms with Crippen molar-refractivity contribution in [2.24, 2.45) is 0 Å². The van der Waals surface area contributed by atoms with Crippen LogP contribution in [-0.2, 0) is 0 Å². The van der Waals surface area contributed by atoms with Gasteiger partial charge in [0.15, 0.2) is 17.5 Å². The highest BCUT2D eigenvalue weighted by atomic mass is 32.2. The van der Waals surface area contributed by atoms with E-state index in [1.807, 2.05) is 39.0 Å². The van der Waals surface area contributed by atoms with Crippen LogP contribution >= 0.6 is 11.8 Å². The third-order valence-corrected chi connectivity index (χ3v) is 4.13. The van der Waals surface area contributed by atoms with Gasteiger partial charge in [-0.1, -0.05) is 30.8 Å². The lowest BCUT2D eigenvalue weighted by Gasteiger charge is -2.10. The molecule has 0 radical (unpaired) electrons. The minimum Gasteiger partial charge on any atom is -0.368 e. The molecular weight excluding hydrogens is 290 g/mol. The fraction of sp³-hybridized carbons (Fsp3) is 0.312. The number of rotatable bonds is 5. The van der Waals surface area contributed by atoms with E-state index in [0.717, 1.165) is 28.5 Å². The van der Waals surface area contributed by atoms with Gasteiger partial charge in [0, 0.05) is 17.5 Å². The number of nitrogens with one attached hydrogen (secondary N) is 1. The van der Waals surface area contributed by atoms with Gasteiger partial charge in [0.25, 0.3) is 0 Å². The Labute approximate surface area is 128 Å². The second-order valence-corrected chi connectivity index (χ2v) is 5.93. The summed E-state index contributed by atoms with van der Waals surface area (Å²) < 4.78 is 27.6. The van der Waals surface area contributed by atoms with Gasteiger partial charge in [-0.15, -0.1) is 0 Å². The molecule has 1 heterocycles. The van der Waals surface area contributed by atoms with E-state index in [0.29, 0.717) is 6.54 Å². The first-order chi connectivity index (χ1) is 10.0. The number of pyridine rings is 1. The van der Waals surface area contributed by atoms with Crippen molar-refractivity contribution in [3.05, 3.63) is 47.0 Å². The Balaban J connectivity index is 2.32. The summed E-state index contributed by atoms with van der Waals surface area (Å²) in [6.45, 7) is 6.51. The summed E-state index contributed by atoms with van der Waals surface area (Å²) in [6.07, 6.45) is 0.845. The Bertz CT molecular complexity index is 644. The fourth-order valence-corrected chi connectivity index (χ4v) is 2.79. The maximum atomic E-state index is 13.9. The lowest BCUT2D eigenvalue weighted by molar-refractivity contribution is 0.551. The van der Waals surface area contributed by atoms with Crippen LogP contribution in [0.1, 0.15) is 24.5 Å². The topological polar surface area (TPSA) is 24.9 Å². The molecule has 0 amide bonds. The molecule has 21 heavy (non-hydrogen) atoms. The molecule has 2 aromatic rings. The molecule has 1 aromatic heterocycles. The van der Waals surface area contributed by atoms with E-state index in [1.54, 1.807) is 0 Å². The van der Waals surface area contributed by atoms with Gasteiger partial charge in [0.2, 0.25) is 0 Å². The van der Waals surface area contributed by atoms with Gasteiger partial charge >= 0.3 is 0 Å². The number of hydrogen-bond donors (Lipinski definition) is 1. The SMILES string of the molecule is CCCNc1nc(Sc2cc(C)ccc2C)c(F)cc1F. The molecule has 1 N–H and O–H groups in total. The number of benzene rings is 1. The number of halogens is 2. The first-order valence-electron chi connectivity index (χ1n) is 6.86. The van der Waals surface area contributed by atoms with E-state index < -0.39 is 11.6 Å². The van der Waals surface area contributed by atoms with Crippen LogP contribution < -0.4 is 5.32 Å². The fourth-order valence-electron chi connectivity index (χ4n) is 1.81. The van der Waals surface area contributed by atoms with E-state index in [-0.39, 0.29) is 10.8 Å². The molecule has 0 aliphatic carbocycles. The molecular formula is C16H18F2N2S. The summed E-state index contributed by atoms with van der Waals surface area (Å²) in [6, 6.07) is 6.85. The number of hydrogen-bond acceptors (Lipinski definition) is 3. The van der Waals surface area contributed by atoms with Crippen LogP contribution in [0.5, 0.6) is 0 Å². The van der Waals surface area contributed by atoms with Crippen molar-refractivity contribution >= 4 is 17.6 Å². The summed E-state index contributed by atoms with van der Waals surface area (Å²) >= 11 is 1.22. The van der Waals surface area contributed by atoms with Crippen molar-refractivity contribution in [1.82, 2.24) is 4.98 Å². The molecule has 0 saturated carbocycles. The highest BCUT2D eigenvalue weighted by molar-refractivity contribution is 7.99. The zero-order valence-electron chi connectivity index (χ0n) is 12.3. The maximum Gasteiger partial charge on any atom is 0.168 e. The molecule has 2 rings (SSSR count). The van der Waals surface area contributed by atoms with Crippen molar-refractivity contribution in [2.75, 3.05) is 11.9 Å². The summed E-state index contributed by atoms with van der Waals surface area (Å²) in [5.74, 6) is -1.20. The van der Waals surface area contributed by atoms with E-state index in [1.165, 1.54) is 11.8 Å². The van der Waals surface area contributed by atoms with Gasteiger partial charge in [-0.25, -0.2) is 13.8 Å². The van der Waals surface area contributed by atoms with Crippen LogP contribution in [-0.4, -0.2) is 11.5 Å². The van der Waals surface area contributed by atoms with Crippen LogP contribution in [0.3, 0.4) is 0 Å². The predicted octanol–water partition coefficient (Wildman–Crippen LogP) is 4.95. The lowest BCUT2D eigenvalue weighted by Crippen LogP contribution is -2.06. The molecule has 0 aliphatic rings. The van der Waals surface area contributed by atoms with Crippen LogP contribution in [0.4, 0.5) is 14.6 Å². The van der Waals surface area contributed by atoms with Crippen LogP contribution in [0.25, 0.3) is 0 Å². The second kappa shape index (κ2) is 6.89. The number of nitrogens with zero attached hydrogens (tertiary/aromatic N) is 1. The molecule has 0 atom stereocenters. The average molecular weight is 308 g/mol. The standard InChI is InChI=1S/C16H18F2N2S/c1-4-7-19-15-12(17)9-13(18)16(20-15)21-14-8-10(2)5-6-11(14)3/h5-6,8-9H,4,7H2,1-3H3,(H,19,20). The predicted molar refractivity (Wildman–Crippen MR) is 83.0 cm³/mol. The van der Waals surface area contributed by atoms with Gasteiger partial charge in [-0.2, -0.15) is 0 Å². The number of aromatic nitrogens is 1.